The third-order valence-electron chi connectivity index (χ3n) is 3.12. The lowest BCUT2D eigenvalue weighted by molar-refractivity contribution is -0.139. The number of benzene rings is 1. The number of nitrogens with zero attached hydrogens (tertiary/aromatic N) is 1. The molecule has 6 heteroatoms. The summed E-state index contributed by atoms with van der Waals surface area (Å²) < 4.78 is 39.5. The van der Waals surface area contributed by atoms with E-state index >= 15 is 0 Å². The van der Waals surface area contributed by atoms with E-state index in [0.717, 1.165) is 11.6 Å². The molecule has 2 nitrogen and oxygen atoms in total. The number of hydrogen-bond donors (Lipinski definition) is 0. The molecule has 0 fully saturated rings. The minimum absolute atomic E-state index is 0.0689. The largest absolute Gasteiger partial charge is 0.417 e. The lowest BCUT2D eigenvalue weighted by atomic mass is 10.1. The van der Waals surface area contributed by atoms with Crippen LogP contribution in [0.25, 0.3) is 0 Å². The molecule has 0 saturated heterocycles. The molecule has 1 amide bonds. The van der Waals surface area contributed by atoms with Crippen LogP contribution in [0, 0.1) is 0 Å². The number of amides is 1. The highest BCUT2D eigenvalue weighted by Gasteiger charge is 2.36. The van der Waals surface area contributed by atoms with Crippen LogP contribution in [0.4, 0.5) is 18.9 Å². The summed E-state index contributed by atoms with van der Waals surface area (Å²) in [5.74, 6) is -0.221. The molecule has 2 rings (SSSR count). The molecule has 1 aliphatic rings. The van der Waals surface area contributed by atoms with E-state index in [1.165, 1.54) is 23.6 Å². The highest BCUT2D eigenvalue weighted by atomic mass is 32.2. The first-order chi connectivity index (χ1) is 9.20. The van der Waals surface area contributed by atoms with Crippen molar-refractivity contribution in [3.05, 3.63) is 23.3 Å². The molecule has 20 heavy (non-hydrogen) atoms. The Labute approximate surface area is 120 Å². The summed E-state index contributed by atoms with van der Waals surface area (Å²) >= 11 is 1.20. The van der Waals surface area contributed by atoms with Crippen LogP contribution in [-0.4, -0.2) is 17.7 Å². The van der Waals surface area contributed by atoms with Crippen LogP contribution in [0.5, 0.6) is 0 Å². The Morgan fingerprint density at radius 1 is 1.35 bits per heavy atom. The fraction of sp³-hybridized carbons (Fsp3) is 0.500. The zero-order valence-corrected chi connectivity index (χ0v) is 12.4. The number of anilines is 1. The Kier molecular flexibility index (Phi) is 4.04. The van der Waals surface area contributed by atoms with Gasteiger partial charge in [0.2, 0.25) is 5.91 Å². The normalized spacial score (nSPS) is 14.8. The summed E-state index contributed by atoms with van der Waals surface area (Å²) in [5, 5.41) is 0.0689. The van der Waals surface area contributed by atoms with Crippen molar-refractivity contribution in [1.29, 1.82) is 0 Å². The molecule has 0 radical (unpaired) electrons. The molecule has 1 heterocycles. The van der Waals surface area contributed by atoms with E-state index < -0.39 is 11.7 Å². The van der Waals surface area contributed by atoms with Crippen LogP contribution >= 0.6 is 11.8 Å². The van der Waals surface area contributed by atoms with Gasteiger partial charge in [0.05, 0.1) is 5.56 Å². The first-order valence-electron chi connectivity index (χ1n) is 6.39. The van der Waals surface area contributed by atoms with E-state index in [1.54, 1.807) is 6.07 Å². The van der Waals surface area contributed by atoms with Gasteiger partial charge in [-0.15, -0.1) is 11.8 Å². The van der Waals surface area contributed by atoms with Gasteiger partial charge in [0.1, 0.15) is 0 Å². The maximum absolute atomic E-state index is 13.2. The van der Waals surface area contributed by atoms with E-state index in [4.69, 9.17) is 0 Å². The van der Waals surface area contributed by atoms with Gasteiger partial charge in [0.25, 0.3) is 0 Å². The fourth-order valence-corrected chi connectivity index (χ4v) is 3.33. The number of carbonyl (C=O) groups excluding carboxylic acids is 1. The average Bonchev–Trinajstić information content (AvgIpc) is 2.68. The molecule has 1 aromatic carbocycles. The zero-order chi connectivity index (χ0) is 15.1. The molecule has 0 N–H and O–H groups in total. The SMILES string of the molecule is CC(=O)N1CCc2cc(SC(C)C)c(C(F)(F)F)cc21. The van der Waals surface area contributed by atoms with Crippen molar-refractivity contribution >= 4 is 23.4 Å². The van der Waals surface area contributed by atoms with Crippen LogP contribution in [0.15, 0.2) is 17.0 Å². The van der Waals surface area contributed by atoms with Gasteiger partial charge in [-0.1, -0.05) is 13.8 Å². The van der Waals surface area contributed by atoms with Gasteiger partial charge < -0.3 is 4.90 Å². The smallest absolute Gasteiger partial charge is 0.312 e. The molecule has 0 bridgehead atoms. The van der Waals surface area contributed by atoms with E-state index in [9.17, 15) is 18.0 Å². The molecule has 1 aromatic rings. The van der Waals surface area contributed by atoms with Crippen molar-refractivity contribution in [3.8, 4) is 0 Å². The van der Waals surface area contributed by atoms with E-state index in [2.05, 4.69) is 0 Å². The van der Waals surface area contributed by atoms with Gasteiger partial charge in [0.15, 0.2) is 0 Å². The predicted molar refractivity (Wildman–Crippen MR) is 74.2 cm³/mol. The highest BCUT2D eigenvalue weighted by molar-refractivity contribution is 8.00. The third-order valence-corrected chi connectivity index (χ3v) is 4.19. The maximum atomic E-state index is 13.2. The number of alkyl halides is 3. The number of carbonyl (C=O) groups is 1. The lowest BCUT2D eigenvalue weighted by Crippen LogP contribution is -2.26. The molecule has 0 saturated carbocycles. The standard InChI is InChI=1S/C14H16F3NOS/c1-8(2)20-13-6-10-4-5-18(9(3)19)12(10)7-11(13)14(15,16)17/h6-8H,4-5H2,1-3H3. The van der Waals surface area contributed by atoms with Crippen molar-refractivity contribution in [1.82, 2.24) is 0 Å². The van der Waals surface area contributed by atoms with Crippen LogP contribution in [0.3, 0.4) is 0 Å². The first-order valence-corrected chi connectivity index (χ1v) is 7.27. The summed E-state index contributed by atoms with van der Waals surface area (Å²) in [6, 6.07) is 2.71. The van der Waals surface area contributed by atoms with Crippen molar-refractivity contribution in [2.45, 2.75) is 43.5 Å². The van der Waals surface area contributed by atoms with E-state index in [0.29, 0.717) is 18.7 Å². The van der Waals surface area contributed by atoms with Gasteiger partial charge >= 0.3 is 6.18 Å². The molecule has 110 valence electrons. The Balaban J connectivity index is 2.54. The Morgan fingerprint density at radius 2 is 2.00 bits per heavy atom. The third kappa shape index (κ3) is 2.95. The van der Waals surface area contributed by atoms with Gasteiger partial charge in [-0.05, 0) is 24.1 Å². The molecule has 0 spiro atoms. The Morgan fingerprint density at radius 3 is 2.50 bits per heavy atom. The monoisotopic (exact) mass is 303 g/mol. The van der Waals surface area contributed by atoms with E-state index in [-0.39, 0.29) is 16.1 Å². The van der Waals surface area contributed by atoms with Gasteiger partial charge in [-0.3, -0.25) is 4.79 Å². The predicted octanol–water partition coefficient (Wildman–Crippen LogP) is 4.11. The summed E-state index contributed by atoms with van der Waals surface area (Å²) in [7, 11) is 0. The van der Waals surface area contributed by atoms with Gasteiger partial charge in [-0.25, -0.2) is 0 Å². The number of hydrogen-bond acceptors (Lipinski definition) is 2. The summed E-state index contributed by atoms with van der Waals surface area (Å²) in [6.45, 7) is 5.55. The number of fused-ring (bicyclic) bond motifs is 1. The van der Waals surface area contributed by atoms with Crippen molar-refractivity contribution in [2.75, 3.05) is 11.4 Å². The van der Waals surface area contributed by atoms with Crippen LogP contribution < -0.4 is 4.90 Å². The maximum Gasteiger partial charge on any atom is 0.417 e. The molecular weight excluding hydrogens is 287 g/mol. The Bertz CT molecular complexity index is 540. The molecule has 0 aromatic heterocycles. The second-order valence-electron chi connectivity index (χ2n) is 5.06. The number of halogens is 3. The topological polar surface area (TPSA) is 20.3 Å². The summed E-state index contributed by atoms with van der Waals surface area (Å²) in [4.78, 5) is 13.1. The van der Waals surface area contributed by atoms with Crippen molar-refractivity contribution in [2.24, 2.45) is 0 Å². The molecule has 0 atom stereocenters. The minimum Gasteiger partial charge on any atom is -0.312 e. The molecule has 1 aliphatic heterocycles. The first kappa shape index (κ1) is 15.2. The Hall–Kier alpha value is -1.17. The van der Waals surface area contributed by atoms with Gasteiger partial charge in [-0.2, -0.15) is 13.2 Å². The average molecular weight is 303 g/mol. The summed E-state index contributed by atoms with van der Waals surface area (Å²) in [6.07, 6.45) is -3.80. The van der Waals surface area contributed by atoms with Crippen LogP contribution in [-0.2, 0) is 17.4 Å². The van der Waals surface area contributed by atoms with Gasteiger partial charge in [0, 0.05) is 29.3 Å². The molecule has 0 aliphatic carbocycles. The molecule has 0 unspecified atom stereocenters. The lowest BCUT2D eigenvalue weighted by Gasteiger charge is -2.19. The number of thioether (sulfide) groups is 1. The molecular formula is C14H16F3NOS. The van der Waals surface area contributed by atoms with Crippen molar-refractivity contribution in [3.63, 3.8) is 0 Å². The quantitative estimate of drug-likeness (QED) is 0.766. The zero-order valence-electron chi connectivity index (χ0n) is 11.5. The highest BCUT2D eigenvalue weighted by Crippen LogP contribution is 2.43. The van der Waals surface area contributed by atoms with Crippen LogP contribution in [0.2, 0.25) is 0 Å². The second-order valence-corrected chi connectivity index (χ2v) is 6.68. The summed E-state index contributed by atoms with van der Waals surface area (Å²) in [5.41, 5.74) is 0.567. The fourth-order valence-electron chi connectivity index (χ4n) is 2.31. The number of rotatable bonds is 2. The minimum atomic E-state index is -4.41. The van der Waals surface area contributed by atoms with E-state index in [1.807, 2.05) is 13.8 Å². The second kappa shape index (κ2) is 5.31. The van der Waals surface area contributed by atoms with Crippen molar-refractivity contribution < 1.29 is 18.0 Å². The van der Waals surface area contributed by atoms with Crippen LogP contribution in [0.1, 0.15) is 31.9 Å².